The molecule has 1 aromatic rings. The molecule has 1 aliphatic rings. The van der Waals surface area contributed by atoms with Gasteiger partial charge in [0.1, 0.15) is 6.10 Å². The third-order valence-corrected chi connectivity index (χ3v) is 3.04. The predicted molar refractivity (Wildman–Crippen MR) is 75.3 cm³/mol. The van der Waals surface area contributed by atoms with Crippen LogP contribution in [0.2, 0.25) is 0 Å². The van der Waals surface area contributed by atoms with E-state index in [4.69, 9.17) is 9.47 Å². The molecule has 0 aliphatic carbocycles. The Balaban J connectivity index is 1.90. The van der Waals surface area contributed by atoms with E-state index in [1.54, 1.807) is 0 Å². The molecule has 1 fully saturated rings. The van der Waals surface area contributed by atoms with E-state index in [0.29, 0.717) is 0 Å². The molecule has 0 spiro atoms. The second-order valence-electron chi connectivity index (χ2n) is 6.00. The molecule has 0 saturated carbocycles. The van der Waals surface area contributed by atoms with Crippen LogP contribution in [0, 0.1) is 0 Å². The van der Waals surface area contributed by atoms with E-state index in [1.807, 2.05) is 18.2 Å². The normalized spacial score (nSPS) is 17.4. The van der Waals surface area contributed by atoms with Crippen LogP contribution in [0.3, 0.4) is 0 Å². The van der Waals surface area contributed by atoms with Gasteiger partial charge in [0, 0.05) is 31.0 Å². The lowest BCUT2D eigenvalue weighted by Crippen LogP contribution is -2.35. The molecule has 106 valence electrons. The summed E-state index contributed by atoms with van der Waals surface area (Å²) in [6.45, 7) is 8.78. The highest BCUT2D eigenvalue weighted by Gasteiger charge is 2.16. The van der Waals surface area contributed by atoms with Crippen molar-refractivity contribution in [3.8, 4) is 5.88 Å². The molecule has 0 aromatic carbocycles. The van der Waals surface area contributed by atoms with Crippen LogP contribution in [0.15, 0.2) is 18.2 Å². The van der Waals surface area contributed by atoms with Gasteiger partial charge in [-0.1, -0.05) is 6.07 Å². The molecule has 1 saturated heterocycles. The lowest BCUT2D eigenvalue weighted by molar-refractivity contribution is 0.0236. The average molecular weight is 264 g/mol. The molecule has 0 bridgehead atoms. The summed E-state index contributed by atoms with van der Waals surface area (Å²) in [5, 5.41) is 3.43. The van der Waals surface area contributed by atoms with Gasteiger partial charge in [-0.05, 0) is 26.8 Å². The molecule has 2 rings (SSSR count). The summed E-state index contributed by atoms with van der Waals surface area (Å²) in [5.41, 5.74) is 1.11. The van der Waals surface area contributed by atoms with E-state index in [0.717, 1.165) is 44.2 Å². The minimum atomic E-state index is 0.0965. The summed E-state index contributed by atoms with van der Waals surface area (Å²) in [6, 6.07) is 5.95. The number of hydrogen-bond donors (Lipinski definition) is 1. The molecule has 0 unspecified atom stereocenters. The van der Waals surface area contributed by atoms with E-state index in [-0.39, 0.29) is 11.6 Å². The van der Waals surface area contributed by atoms with E-state index < -0.39 is 0 Å². The number of rotatable bonds is 4. The van der Waals surface area contributed by atoms with Gasteiger partial charge < -0.3 is 14.8 Å². The van der Waals surface area contributed by atoms with E-state index in [2.05, 4.69) is 31.1 Å². The first-order valence-corrected chi connectivity index (χ1v) is 6.98. The number of hydrogen-bond acceptors (Lipinski definition) is 4. The molecule has 1 N–H and O–H groups in total. The van der Waals surface area contributed by atoms with Crippen LogP contribution in [0.1, 0.15) is 39.3 Å². The fourth-order valence-electron chi connectivity index (χ4n) is 1.94. The Kier molecular flexibility index (Phi) is 4.77. The Bertz CT molecular complexity index is 395. The third-order valence-electron chi connectivity index (χ3n) is 3.04. The molecule has 1 aliphatic heterocycles. The molecule has 0 atom stereocenters. The van der Waals surface area contributed by atoms with Crippen molar-refractivity contribution in [1.29, 1.82) is 0 Å². The smallest absolute Gasteiger partial charge is 0.213 e. The van der Waals surface area contributed by atoms with E-state index in [1.165, 1.54) is 0 Å². The van der Waals surface area contributed by atoms with Gasteiger partial charge in [-0.2, -0.15) is 0 Å². The summed E-state index contributed by atoms with van der Waals surface area (Å²) < 4.78 is 11.2. The highest BCUT2D eigenvalue weighted by Crippen LogP contribution is 2.16. The van der Waals surface area contributed by atoms with E-state index in [9.17, 15) is 0 Å². The Labute approximate surface area is 115 Å². The molecule has 1 aromatic heterocycles. The maximum atomic E-state index is 5.91. The number of pyridine rings is 1. The van der Waals surface area contributed by atoms with Crippen LogP contribution < -0.4 is 10.1 Å². The molecule has 2 heterocycles. The molecular weight excluding hydrogens is 240 g/mol. The average Bonchev–Trinajstić information content (AvgIpc) is 2.37. The van der Waals surface area contributed by atoms with Crippen molar-refractivity contribution in [1.82, 2.24) is 10.3 Å². The minimum Gasteiger partial charge on any atom is -0.474 e. The van der Waals surface area contributed by atoms with Gasteiger partial charge in [0.15, 0.2) is 0 Å². The van der Waals surface area contributed by atoms with E-state index >= 15 is 0 Å². The number of aromatic nitrogens is 1. The second kappa shape index (κ2) is 6.35. The first-order valence-electron chi connectivity index (χ1n) is 6.98. The molecule has 19 heavy (non-hydrogen) atoms. The zero-order chi connectivity index (χ0) is 13.7. The van der Waals surface area contributed by atoms with Gasteiger partial charge in [-0.15, -0.1) is 0 Å². The van der Waals surface area contributed by atoms with Crippen molar-refractivity contribution < 1.29 is 9.47 Å². The van der Waals surface area contributed by atoms with Crippen molar-refractivity contribution in [3.05, 3.63) is 23.9 Å². The summed E-state index contributed by atoms with van der Waals surface area (Å²) in [4.78, 5) is 4.54. The van der Waals surface area contributed by atoms with Crippen LogP contribution >= 0.6 is 0 Å². The van der Waals surface area contributed by atoms with Gasteiger partial charge in [-0.25, -0.2) is 4.98 Å². The van der Waals surface area contributed by atoms with Crippen molar-refractivity contribution in [2.24, 2.45) is 0 Å². The summed E-state index contributed by atoms with van der Waals surface area (Å²) >= 11 is 0. The van der Waals surface area contributed by atoms with Crippen LogP contribution in [0.25, 0.3) is 0 Å². The fraction of sp³-hybridized carbons (Fsp3) is 0.667. The Morgan fingerprint density at radius 3 is 2.74 bits per heavy atom. The topological polar surface area (TPSA) is 43.4 Å². The predicted octanol–water partition coefficient (Wildman–Crippen LogP) is 2.53. The van der Waals surface area contributed by atoms with Crippen molar-refractivity contribution >= 4 is 0 Å². The first kappa shape index (κ1) is 14.3. The van der Waals surface area contributed by atoms with Crippen molar-refractivity contribution in [2.45, 2.75) is 51.8 Å². The fourth-order valence-corrected chi connectivity index (χ4v) is 1.94. The highest BCUT2D eigenvalue weighted by molar-refractivity contribution is 5.16. The zero-order valence-corrected chi connectivity index (χ0v) is 12.1. The monoisotopic (exact) mass is 264 g/mol. The Morgan fingerprint density at radius 2 is 2.05 bits per heavy atom. The van der Waals surface area contributed by atoms with Crippen LogP contribution in [-0.4, -0.2) is 29.8 Å². The standard InChI is InChI=1S/C15H24N2O2/c1-15(2,3)16-11-12-5-4-6-14(17-12)19-13-7-9-18-10-8-13/h4-6,13,16H,7-11H2,1-3H3. The van der Waals surface area contributed by atoms with Crippen LogP contribution in [0.4, 0.5) is 0 Å². The molecule has 4 nitrogen and oxygen atoms in total. The lowest BCUT2D eigenvalue weighted by Gasteiger charge is -2.23. The third kappa shape index (κ3) is 5.17. The number of nitrogens with one attached hydrogen (secondary N) is 1. The minimum absolute atomic E-state index is 0.0965. The maximum absolute atomic E-state index is 5.91. The maximum Gasteiger partial charge on any atom is 0.213 e. The van der Waals surface area contributed by atoms with Crippen molar-refractivity contribution in [2.75, 3.05) is 13.2 Å². The molecule has 0 radical (unpaired) electrons. The number of nitrogens with zero attached hydrogens (tertiary/aromatic N) is 1. The SMILES string of the molecule is CC(C)(C)NCc1cccc(OC2CCOCC2)n1. The summed E-state index contributed by atoms with van der Waals surface area (Å²) in [5.74, 6) is 0.722. The van der Waals surface area contributed by atoms with Gasteiger partial charge >= 0.3 is 0 Å². The van der Waals surface area contributed by atoms with Gasteiger partial charge in [0.2, 0.25) is 5.88 Å². The zero-order valence-electron chi connectivity index (χ0n) is 12.1. The highest BCUT2D eigenvalue weighted by atomic mass is 16.5. The van der Waals surface area contributed by atoms with Crippen molar-refractivity contribution in [3.63, 3.8) is 0 Å². The van der Waals surface area contributed by atoms with Gasteiger partial charge in [0.25, 0.3) is 0 Å². The quantitative estimate of drug-likeness (QED) is 0.907. The van der Waals surface area contributed by atoms with Gasteiger partial charge in [-0.3, -0.25) is 0 Å². The molecule has 4 heteroatoms. The lowest BCUT2D eigenvalue weighted by atomic mass is 10.1. The Morgan fingerprint density at radius 1 is 1.32 bits per heavy atom. The summed E-state index contributed by atoms with van der Waals surface area (Å²) in [7, 11) is 0. The first-order chi connectivity index (χ1) is 9.03. The van der Waals surface area contributed by atoms with Crippen LogP contribution in [-0.2, 0) is 11.3 Å². The molecular formula is C15H24N2O2. The summed E-state index contributed by atoms with van der Waals surface area (Å²) in [6.07, 6.45) is 2.14. The largest absolute Gasteiger partial charge is 0.474 e. The molecule has 0 amide bonds. The number of ether oxygens (including phenoxy) is 2. The van der Waals surface area contributed by atoms with Gasteiger partial charge in [0.05, 0.1) is 18.9 Å². The second-order valence-corrected chi connectivity index (χ2v) is 6.00. The van der Waals surface area contributed by atoms with Crippen LogP contribution in [0.5, 0.6) is 5.88 Å². The Hall–Kier alpha value is -1.13.